The number of aromatic amines is 1. The van der Waals surface area contributed by atoms with Crippen LogP contribution in [0.4, 0.5) is 0 Å². The monoisotopic (exact) mass is 271 g/mol. The second-order valence-electron chi connectivity index (χ2n) is 6.22. The first kappa shape index (κ1) is 14.8. The molecule has 2 atom stereocenters. The van der Waals surface area contributed by atoms with E-state index in [1.807, 2.05) is 6.20 Å². The van der Waals surface area contributed by atoms with Gasteiger partial charge in [-0.25, -0.2) is 4.98 Å². The van der Waals surface area contributed by atoms with Gasteiger partial charge in [-0.05, 0) is 31.2 Å². The number of benzene rings is 1. The van der Waals surface area contributed by atoms with Gasteiger partial charge < -0.3 is 10.3 Å². The fraction of sp³-hybridized carbons (Fsp3) is 0.471. The lowest BCUT2D eigenvalue weighted by Crippen LogP contribution is -2.35. The van der Waals surface area contributed by atoms with Crippen LogP contribution in [0.3, 0.4) is 0 Å². The average molecular weight is 271 g/mol. The lowest BCUT2D eigenvalue weighted by molar-refractivity contribution is 0.362. The highest BCUT2D eigenvalue weighted by molar-refractivity contribution is 5.23. The van der Waals surface area contributed by atoms with Crippen molar-refractivity contribution in [3.05, 3.63) is 54.1 Å². The van der Waals surface area contributed by atoms with Crippen molar-refractivity contribution in [3.63, 3.8) is 0 Å². The van der Waals surface area contributed by atoms with Gasteiger partial charge >= 0.3 is 0 Å². The van der Waals surface area contributed by atoms with Gasteiger partial charge in [0.25, 0.3) is 0 Å². The van der Waals surface area contributed by atoms with Gasteiger partial charge in [0.1, 0.15) is 5.82 Å². The molecule has 2 N–H and O–H groups in total. The Labute approximate surface area is 121 Å². The average Bonchev–Trinajstić information content (AvgIpc) is 2.93. The quantitative estimate of drug-likeness (QED) is 0.838. The SMILES string of the molecule is CC(CC(C)(C)c1ccccc1)NC(C)c1ncc[nH]1. The first-order chi connectivity index (χ1) is 9.49. The Balaban J connectivity index is 1.95. The van der Waals surface area contributed by atoms with E-state index in [0.717, 1.165) is 12.2 Å². The fourth-order valence-electron chi connectivity index (χ4n) is 2.85. The molecule has 2 aromatic rings. The molecule has 20 heavy (non-hydrogen) atoms. The van der Waals surface area contributed by atoms with Crippen molar-refractivity contribution < 1.29 is 0 Å². The Morgan fingerprint density at radius 3 is 2.50 bits per heavy atom. The van der Waals surface area contributed by atoms with Crippen molar-refractivity contribution in [3.8, 4) is 0 Å². The van der Waals surface area contributed by atoms with Gasteiger partial charge in [0.05, 0.1) is 6.04 Å². The van der Waals surface area contributed by atoms with E-state index in [4.69, 9.17) is 0 Å². The second-order valence-corrected chi connectivity index (χ2v) is 6.22. The molecule has 0 aliphatic carbocycles. The number of imidazole rings is 1. The zero-order valence-corrected chi connectivity index (χ0v) is 12.9. The van der Waals surface area contributed by atoms with E-state index in [-0.39, 0.29) is 11.5 Å². The van der Waals surface area contributed by atoms with Gasteiger partial charge in [-0.2, -0.15) is 0 Å². The zero-order chi connectivity index (χ0) is 14.6. The normalized spacial score (nSPS) is 15.0. The molecule has 0 spiro atoms. The molecule has 0 fully saturated rings. The zero-order valence-electron chi connectivity index (χ0n) is 12.9. The molecule has 0 amide bonds. The third kappa shape index (κ3) is 3.70. The summed E-state index contributed by atoms with van der Waals surface area (Å²) >= 11 is 0. The van der Waals surface area contributed by atoms with E-state index in [0.29, 0.717) is 6.04 Å². The molecule has 108 valence electrons. The summed E-state index contributed by atoms with van der Waals surface area (Å²) < 4.78 is 0. The van der Waals surface area contributed by atoms with Crippen LogP contribution in [-0.2, 0) is 5.41 Å². The molecule has 0 aliphatic heterocycles. The van der Waals surface area contributed by atoms with Crippen LogP contribution >= 0.6 is 0 Å². The van der Waals surface area contributed by atoms with Crippen LogP contribution in [0.15, 0.2) is 42.7 Å². The molecule has 1 aromatic carbocycles. The van der Waals surface area contributed by atoms with E-state index in [1.165, 1.54) is 5.56 Å². The Bertz CT molecular complexity index is 502. The molecule has 0 saturated heterocycles. The number of hydrogen-bond donors (Lipinski definition) is 2. The van der Waals surface area contributed by atoms with E-state index in [9.17, 15) is 0 Å². The second kappa shape index (κ2) is 6.23. The van der Waals surface area contributed by atoms with Crippen molar-refractivity contribution in [1.82, 2.24) is 15.3 Å². The number of aromatic nitrogens is 2. The third-order valence-electron chi connectivity index (χ3n) is 3.84. The molecule has 2 unspecified atom stereocenters. The minimum absolute atomic E-state index is 0.163. The number of hydrogen-bond acceptors (Lipinski definition) is 2. The maximum atomic E-state index is 4.31. The highest BCUT2D eigenvalue weighted by Crippen LogP contribution is 2.28. The summed E-state index contributed by atoms with van der Waals surface area (Å²) in [6, 6.07) is 11.4. The molecule has 2 rings (SSSR count). The third-order valence-corrected chi connectivity index (χ3v) is 3.84. The molecule has 3 nitrogen and oxygen atoms in total. The lowest BCUT2D eigenvalue weighted by Gasteiger charge is -2.30. The highest BCUT2D eigenvalue weighted by Gasteiger charge is 2.24. The van der Waals surface area contributed by atoms with Gasteiger partial charge in [-0.1, -0.05) is 44.2 Å². The first-order valence-electron chi connectivity index (χ1n) is 7.30. The van der Waals surface area contributed by atoms with Gasteiger partial charge in [0.15, 0.2) is 0 Å². The molecule has 0 saturated carbocycles. The molecule has 1 heterocycles. The van der Waals surface area contributed by atoms with Crippen LogP contribution in [0.1, 0.15) is 51.5 Å². The van der Waals surface area contributed by atoms with E-state index < -0.39 is 0 Å². The topological polar surface area (TPSA) is 40.7 Å². The van der Waals surface area contributed by atoms with Crippen molar-refractivity contribution in [2.24, 2.45) is 0 Å². The predicted octanol–water partition coefficient (Wildman–Crippen LogP) is 3.82. The summed E-state index contributed by atoms with van der Waals surface area (Å²) in [6.45, 7) is 8.99. The molecule has 3 heteroatoms. The standard InChI is InChI=1S/C17H25N3/c1-13(20-14(2)16-18-10-11-19-16)12-17(3,4)15-8-6-5-7-9-15/h5-11,13-14,20H,12H2,1-4H3,(H,18,19). The minimum Gasteiger partial charge on any atom is -0.347 e. The maximum absolute atomic E-state index is 4.31. The Morgan fingerprint density at radius 2 is 1.90 bits per heavy atom. The molecule has 0 aliphatic rings. The summed E-state index contributed by atoms with van der Waals surface area (Å²) in [4.78, 5) is 7.47. The first-order valence-corrected chi connectivity index (χ1v) is 7.30. The van der Waals surface area contributed by atoms with Gasteiger partial charge in [0.2, 0.25) is 0 Å². The van der Waals surface area contributed by atoms with Crippen LogP contribution in [-0.4, -0.2) is 16.0 Å². The van der Waals surface area contributed by atoms with Crippen LogP contribution in [0.25, 0.3) is 0 Å². The summed E-state index contributed by atoms with van der Waals surface area (Å²) in [7, 11) is 0. The Morgan fingerprint density at radius 1 is 1.20 bits per heavy atom. The maximum Gasteiger partial charge on any atom is 0.122 e. The minimum atomic E-state index is 0.163. The number of rotatable bonds is 6. The van der Waals surface area contributed by atoms with Gasteiger partial charge in [0, 0.05) is 18.4 Å². The summed E-state index contributed by atoms with van der Waals surface area (Å²) in [5.41, 5.74) is 1.55. The predicted molar refractivity (Wildman–Crippen MR) is 83.7 cm³/mol. The highest BCUT2D eigenvalue weighted by atomic mass is 15.0. The summed E-state index contributed by atoms with van der Waals surface area (Å²) in [6.07, 6.45) is 4.75. The molecule has 0 bridgehead atoms. The molecular formula is C17H25N3. The number of nitrogens with zero attached hydrogens (tertiary/aromatic N) is 1. The van der Waals surface area contributed by atoms with Gasteiger partial charge in [-0.3, -0.25) is 0 Å². The number of nitrogens with one attached hydrogen (secondary N) is 2. The lowest BCUT2D eigenvalue weighted by atomic mass is 9.79. The molecule has 0 radical (unpaired) electrons. The van der Waals surface area contributed by atoms with Crippen molar-refractivity contribution in [2.45, 2.75) is 51.6 Å². The van der Waals surface area contributed by atoms with Crippen LogP contribution in [0.5, 0.6) is 0 Å². The largest absolute Gasteiger partial charge is 0.347 e. The summed E-state index contributed by atoms with van der Waals surface area (Å²) in [5, 5.41) is 3.61. The van der Waals surface area contributed by atoms with E-state index in [2.05, 4.69) is 73.3 Å². The summed E-state index contributed by atoms with van der Waals surface area (Å²) in [5.74, 6) is 0.995. The van der Waals surface area contributed by atoms with E-state index >= 15 is 0 Å². The Kier molecular flexibility index (Phi) is 4.61. The van der Waals surface area contributed by atoms with Gasteiger partial charge in [-0.15, -0.1) is 0 Å². The van der Waals surface area contributed by atoms with Crippen LogP contribution in [0, 0.1) is 0 Å². The smallest absolute Gasteiger partial charge is 0.122 e. The Hall–Kier alpha value is -1.61. The van der Waals surface area contributed by atoms with Crippen molar-refractivity contribution in [1.29, 1.82) is 0 Å². The van der Waals surface area contributed by atoms with Crippen molar-refractivity contribution in [2.75, 3.05) is 0 Å². The molecular weight excluding hydrogens is 246 g/mol. The van der Waals surface area contributed by atoms with E-state index in [1.54, 1.807) is 6.20 Å². The fourth-order valence-corrected chi connectivity index (χ4v) is 2.85. The number of H-pyrrole nitrogens is 1. The van der Waals surface area contributed by atoms with Crippen LogP contribution < -0.4 is 5.32 Å². The van der Waals surface area contributed by atoms with Crippen LogP contribution in [0.2, 0.25) is 0 Å². The van der Waals surface area contributed by atoms with Crippen molar-refractivity contribution >= 4 is 0 Å². The molecule has 1 aromatic heterocycles.